The highest BCUT2D eigenvalue weighted by Crippen LogP contribution is 2.21. The van der Waals surface area contributed by atoms with Crippen LogP contribution in [0.5, 0.6) is 0 Å². The van der Waals surface area contributed by atoms with E-state index in [1.807, 2.05) is 0 Å². The normalized spacial score (nSPS) is 14.1. The van der Waals surface area contributed by atoms with Crippen LogP contribution in [0.2, 0.25) is 0 Å². The van der Waals surface area contributed by atoms with Gasteiger partial charge in [0.1, 0.15) is 0 Å². The third kappa shape index (κ3) is 17.3. The quantitative estimate of drug-likeness (QED) is 0.487. The molecule has 2 N–H and O–H groups in total. The molecule has 0 rings (SSSR count). The van der Waals surface area contributed by atoms with Gasteiger partial charge in [-0.3, -0.25) is 0 Å². The topological polar surface area (TPSA) is 53.7 Å². The van der Waals surface area contributed by atoms with Crippen molar-refractivity contribution >= 4 is 0 Å². The van der Waals surface area contributed by atoms with Gasteiger partial charge in [0.25, 0.3) is 0 Å². The Labute approximate surface area is 163 Å². The maximum Gasteiger partial charge on any atom is 0.0865 e. The molecule has 0 heterocycles. The third-order valence-electron chi connectivity index (χ3n) is 4.16. The van der Waals surface area contributed by atoms with Crippen molar-refractivity contribution in [2.75, 3.05) is 39.6 Å². The Morgan fingerprint density at radius 3 is 0.923 bits per heavy atom. The second-order valence-electron chi connectivity index (χ2n) is 11.5. The van der Waals surface area contributed by atoms with Gasteiger partial charge in [-0.25, -0.2) is 0 Å². The van der Waals surface area contributed by atoms with Crippen molar-refractivity contribution in [1.82, 2.24) is 0 Å². The SMILES string of the molecule is CC(C)(C)CCOCC(N)(COCCC(C)(C)C)COCCC(C)(C)C. The largest absolute Gasteiger partial charge is 0.379 e. The van der Waals surface area contributed by atoms with Crippen LogP contribution in [-0.2, 0) is 14.2 Å². The molecule has 0 fully saturated rings. The first-order valence-electron chi connectivity index (χ1n) is 10.1. The van der Waals surface area contributed by atoms with Gasteiger partial charge in [0.2, 0.25) is 0 Å². The maximum atomic E-state index is 6.57. The summed E-state index contributed by atoms with van der Waals surface area (Å²) in [5, 5.41) is 0. The summed E-state index contributed by atoms with van der Waals surface area (Å²) in [6, 6.07) is 0. The smallest absolute Gasteiger partial charge is 0.0865 e. The fourth-order valence-corrected chi connectivity index (χ4v) is 2.09. The minimum absolute atomic E-state index is 0.268. The van der Waals surface area contributed by atoms with Crippen LogP contribution >= 0.6 is 0 Å². The lowest BCUT2D eigenvalue weighted by Crippen LogP contribution is -2.53. The molecule has 0 atom stereocenters. The van der Waals surface area contributed by atoms with Crippen LogP contribution in [0.3, 0.4) is 0 Å². The van der Waals surface area contributed by atoms with Crippen LogP contribution in [0.1, 0.15) is 81.6 Å². The van der Waals surface area contributed by atoms with E-state index in [4.69, 9.17) is 19.9 Å². The molecular formula is C22H47NO3. The minimum atomic E-state index is -0.590. The van der Waals surface area contributed by atoms with Gasteiger partial charge < -0.3 is 19.9 Å². The lowest BCUT2D eigenvalue weighted by molar-refractivity contribution is -0.0323. The monoisotopic (exact) mass is 373 g/mol. The Balaban J connectivity index is 4.40. The van der Waals surface area contributed by atoms with Gasteiger partial charge >= 0.3 is 0 Å². The van der Waals surface area contributed by atoms with Gasteiger partial charge in [-0.1, -0.05) is 62.3 Å². The lowest BCUT2D eigenvalue weighted by atomic mass is 9.93. The van der Waals surface area contributed by atoms with Crippen LogP contribution in [0, 0.1) is 16.2 Å². The van der Waals surface area contributed by atoms with Crippen LogP contribution in [0.4, 0.5) is 0 Å². The molecule has 4 heteroatoms. The predicted octanol–water partition coefficient (Wildman–Crippen LogP) is 5.04. The van der Waals surface area contributed by atoms with E-state index >= 15 is 0 Å². The number of nitrogens with two attached hydrogens (primary N) is 1. The molecular weight excluding hydrogens is 326 g/mol. The molecule has 0 saturated carbocycles. The summed E-state index contributed by atoms with van der Waals surface area (Å²) in [6.45, 7) is 23.5. The number of rotatable bonds is 12. The van der Waals surface area contributed by atoms with Crippen molar-refractivity contribution in [2.24, 2.45) is 22.0 Å². The molecule has 0 bridgehead atoms. The molecule has 0 aliphatic heterocycles. The summed E-state index contributed by atoms with van der Waals surface area (Å²) in [5.41, 5.74) is 6.79. The van der Waals surface area contributed by atoms with Crippen LogP contribution in [0.15, 0.2) is 0 Å². The van der Waals surface area contributed by atoms with Gasteiger partial charge in [0.05, 0.1) is 25.4 Å². The van der Waals surface area contributed by atoms with Gasteiger partial charge in [-0.2, -0.15) is 0 Å². The van der Waals surface area contributed by atoms with Crippen LogP contribution < -0.4 is 5.73 Å². The second-order valence-corrected chi connectivity index (χ2v) is 11.5. The molecule has 0 aliphatic rings. The lowest BCUT2D eigenvalue weighted by Gasteiger charge is -2.30. The summed E-state index contributed by atoms with van der Waals surface area (Å²) in [5.74, 6) is 0. The first-order valence-corrected chi connectivity index (χ1v) is 10.1. The Kier molecular flexibility index (Phi) is 10.9. The van der Waals surface area contributed by atoms with Crippen molar-refractivity contribution in [1.29, 1.82) is 0 Å². The highest BCUT2D eigenvalue weighted by Gasteiger charge is 2.27. The molecule has 26 heavy (non-hydrogen) atoms. The zero-order valence-corrected chi connectivity index (χ0v) is 19.2. The summed E-state index contributed by atoms with van der Waals surface area (Å²) in [6.07, 6.45) is 3.04. The van der Waals surface area contributed by atoms with Crippen molar-refractivity contribution in [3.05, 3.63) is 0 Å². The molecule has 0 aromatic heterocycles. The third-order valence-corrected chi connectivity index (χ3v) is 4.16. The van der Waals surface area contributed by atoms with E-state index in [2.05, 4.69) is 62.3 Å². The Bertz CT molecular complexity index is 306. The van der Waals surface area contributed by atoms with E-state index in [9.17, 15) is 0 Å². The molecule has 0 radical (unpaired) electrons. The first kappa shape index (κ1) is 25.8. The second kappa shape index (κ2) is 11.0. The summed E-state index contributed by atoms with van der Waals surface area (Å²) < 4.78 is 17.7. The predicted molar refractivity (Wildman–Crippen MR) is 112 cm³/mol. The van der Waals surface area contributed by atoms with Gasteiger partial charge in [-0.15, -0.1) is 0 Å². The molecule has 0 aliphatic carbocycles. The van der Waals surface area contributed by atoms with Crippen LogP contribution in [-0.4, -0.2) is 45.2 Å². The fourth-order valence-electron chi connectivity index (χ4n) is 2.09. The van der Waals surface area contributed by atoms with Crippen molar-refractivity contribution in [2.45, 2.75) is 87.1 Å². The molecule has 4 nitrogen and oxygen atoms in total. The Morgan fingerprint density at radius 2 is 0.731 bits per heavy atom. The minimum Gasteiger partial charge on any atom is -0.379 e. The first-order chi connectivity index (χ1) is 11.6. The Morgan fingerprint density at radius 1 is 0.500 bits per heavy atom. The molecule has 158 valence electrons. The number of hydrogen-bond acceptors (Lipinski definition) is 4. The molecule has 0 spiro atoms. The highest BCUT2D eigenvalue weighted by molar-refractivity contribution is 4.84. The van der Waals surface area contributed by atoms with Crippen molar-refractivity contribution < 1.29 is 14.2 Å². The standard InChI is InChI=1S/C22H47NO3/c1-19(2,3)10-13-24-16-22(23,17-25-14-11-20(4,5)6)18-26-15-12-21(7,8)9/h10-18,23H2,1-9H3. The average molecular weight is 374 g/mol. The van der Waals surface area contributed by atoms with E-state index in [1.54, 1.807) is 0 Å². The van der Waals surface area contributed by atoms with E-state index in [1.165, 1.54) is 0 Å². The van der Waals surface area contributed by atoms with Gasteiger partial charge in [0, 0.05) is 19.8 Å². The van der Waals surface area contributed by atoms with Crippen molar-refractivity contribution in [3.63, 3.8) is 0 Å². The fraction of sp³-hybridized carbons (Fsp3) is 1.00. The van der Waals surface area contributed by atoms with Crippen LogP contribution in [0.25, 0.3) is 0 Å². The molecule has 0 unspecified atom stereocenters. The van der Waals surface area contributed by atoms with Crippen molar-refractivity contribution in [3.8, 4) is 0 Å². The zero-order chi connectivity index (χ0) is 20.5. The number of ether oxygens (including phenoxy) is 3. The summed E-state index contributed by atoms with van der Waals surface area (Å²) >= 11 is 0. The van der Waals surface area contributed by atoms with E-state index in [0.29, 0.717) is 39.6 Å². The molecule has 0 amide bonds. The van der Waals surface area contributed by atoms with Gasteiger partial charge in [-0.05, 0) is 35.5 Å². The highest BCUT2D eigenvalue weighted by atomic mass is 16.5. The maximum absolute atomic E-state index is 6.57. The molecule has 0 aromatic carbocycles. The Hall–Kier alpha value is -0.160. The van der Waals surface area contributed by atoms with E-state index < -0.39 is 5.54 Å². The van der Waals surface area contributed by atoms with Gasteiger partial charge in [0.15, 0.2) is 0 Å². The number of hydrogen-bond donors (Lipinski definition) is 1. The molecule has 0 saturated heterocycles. The summed E-state index contributed by atoms with van der Waals surface area (Å²) in [7, 11) is 0. The zero-order valence-electron chi connectivity index (χ0n) is 19.2. The van der Waals surface area contributed by atoms with E-state index in [-0.39, 0.29) is 16.2 Å². The molecule has 0 aromatic rings. The average Bonchev–Trinajstić information content (AvgIpc) is 2.42. The van der Waals surface area contributed by atoms with E-state index in [0.717, 1.165) is 19.3 Å². The summed E-state index contributed by atoms with van der Waals surface area (Å²) in [4.78, 5) is 0.